The molecule has 5 heteroatoms. The van der Waals surface area contributed by atoms with Gasteiger partial charge in [-0.3, -0.25) is 0 Å². The van der Waals surface area contributed by atoms with Crippen molar-refractivity contribution in [1.29, 1.82) is 0 Å². The maximum absolute atomic E-state index is 5.89. The molecule has 1 aliphatic carbocycles. The van der Waals surface area contributed by atoms with Crippen LogP contribution < -0.4 is 10.6 Å². The molecule has 0 atom stereocenters. The van der Waals surface area contributed by atoms with Crippen molar-refractivity contribution in [2.75, 3.05) is 4.90 Å². The van der Waals surface area contributed by atoms with E-state index in [0.717, 1.165) is 22.3 Å². The van der Waals surface area contributed by atoms with Gasteiger partial charge in [0.2, 0.25) is 0 Å². The highest BCUT2D eigenvalue weighted by Crippen LogP contribution is 2.36. The highest BCUT2D eigenvalue weighted by Gasteiger charge is 2.31. The summed E-state index contributed by atoms with van der Waals surface area (Å²) in [6.07, 6.45) is 2.49. The minimum atomic E-state index is 0.462. The van der Waals surface area contributed by atoms with Gasteiger partial charge in [0.1, 0.15) is 4.99 Å². The van der Waals surface area contributed by atoms with Crippen LogP contribution in [0.15, 0.2) is 39.5 Å². The molecule has 0 bridgehead atoms. The number of halogens is 1. The van der Waals surface area contributed by atoms with Crippen molar-refractivity contribution in [3.8, 4) is 0 Å². The molecule has 20 heavy (non-hydrogen) atoms. The van der Waals surface area contributed by atoms with E-state index in [0.29, 0.717) is 11.0 Å². The summed E-state index contributed by atoms with van der Waals surface area (Å²) in [4.78, 5) is 2.89. The van der Waals surface area contributed by atoms with Gasteiger partial charge in [0.25, 0.3) is 0 Å². The highest BCUT2D eigenvalue weighted by molar-refractivity contribution is 9.10. The first kappa shape index (κ1) is 14.0. The van der Waals surface area contributed by atoms with Crippen molar-refractivity contribution in [1.82, 2.24) is 0 Å². The SMILES string of the molecule is NC(=S)c1ccc(Br)cc1N(Cc1ccsc1)C1CC1. The van der Waals surface area contributed by atoms with Crippen LogP contribution in [0.2, 0.25) is 0 Å². The Morgan fingerprint density at radius 2 is 2.20 bits per heavy atom. The van der Waals surface area contributed by atoms with Crippen molar-refractivity contribution in [2.24, 2.45) is 5.73 Å². The van der Waals surface area contributed by atoms with Crippen LogP contribution in [0.1, 0.15) is 24.0 Å². The van der Waals surface area contributed by atoms with Crippen LogP contribution >= 0.6 is 39.5 Å². The molecule has 2 nitrogen and oxygen atoms in total. The Morgan fingerprint density at radius 1 is 1.40 bits per heavy atom. The molecule has 0 unspecified atom stereocenters. The molecule has 0 aliphatic heterocycles. The zero-order chi connectivity index (χ0) is 14.1. The first-order valence-electron chi connectivity index (χ1n) is 6.52. The van der Waals surface area contributed by atoms with Gasteiger partial charge in [0, 0.05) is 28.3 Å². The normalized spacial score (nSPS) is 14.2. The van der Waals surface area contributed by atoms with Crippen LogP contribution in [0.4, 0.5) is 5.69 Å². The summed E-state index contributed by atoms with van der Waals surface area (Å²) in [5.41, 5.74) is 9.33. The van der Waals surface area contributed by atoms with Gasteiger partial charge in [-0.1, -0.05) is 28.1 Å². The zero-order valence-electron chi connectivity index (χ0n) is 10.9. The molecule has 1 fully saturated rings. The lowest BCUT2D eigenvalue weighted by molar-refractivity contribution is 0.795. The lowest BCUT2D eigenvalue weighted by atomic mass is 10.1. The molecule has 1 aromatic carbocycles. The smallest absolute Gasteiger partial charge is 0.106 e. The molecule has 1 aliphatic rings. The Balaban J connectivity index is 1.98. The van der Waals surface area contributed by atoms with Crippen LogP contribution in [0.5, 0.6) is 0 Å². The van der Waals surface area contributed by atoms with Crippen LogP contribution in [0.25, 0.3) is 0 Å². The van der Waals surface area contributed by atoms with Gasteiger partial charge >= 0.3 is 0 Å². The summed E-state index contributed by atoms with van der Waals surface area (Å²) in [6, 6.07) is 8.91. The molecule has 1 heterocycles. The van der Waals surface area contributed by atoms with Gasteiger partial charge in [-0.15, -0.1) is 0 Å². The monoisotopic (exact) mass is 366 g/mol. The number of benzene rings is 1. The number of thiocarbonyl (C=S) groups is 1. The van der Waals surface area contributed by atoms with Crippen molar-refractivity contribution in [3.05, 3.63) is 50.6 Å². The van der Waals surface area contributed by atoms with Crippen LogP contribution in [-0.4, -0.2) is 11.0 Å². The minimum Gasteiger partial charge on any atom is -0.389 e. The summed E-state index contributed by atoms with van der Waals surface area (Å²) in [6.45, 7) is 0.917. The standard InChI is InChI=1S/C15H15BrN2S2/c16-11-1-4-13(15(17)19)14(7-11)18(12-2-3-12)8-10-5-6-20-9-10/h1,4-7,9,12H,2-3,8H2,(H2,17,19). The molecule has 1 saturated carbocycles. The number of hydrogen-bond acceptors (Lipinski definition) is 3. The van der Waals surface area contributed by atoms with E-state index in [1.54, 1.807) is 11.3 Å². The van der Waals surface area contributed by atoms with E-state index in [1.807, 2.05) is 12.1 Å². The maximum atomic E-state index is 5.89. The molecular formula is C15H15BrN2S2. The zero-order valence-corrected chi connectivity index (χ0v) is 14.1. The lowest BCUT2D eigenvalue weighted by Crippen LogP contribution is -2.27. The van der Waals surface area contributed by atoms with E-state index < -0.39 is 0 Å². The lowest BCUT2D eigenvalue weighted by Gasteiger charge is -2.27. The van der Waals surface area contributed by atoms with Crippen molar-refractivity contribution in [3.63, 3.8) is 0 Å². The van der Waals surface area contributed by atoms with Crippen molar-refractivity contribution < 1.29 is 0 Å². The first-order chi connectivity index (χ1) is 9.65. The summed E-state index contributed by atoms with van der Waals surface area (Å²) >= 11 is 10.5. The summed E-state index contributed by atoms with van der Waals surface area (Å²) in [7, 11) is 0. The molecule has 2 aromatic rings. The molecule has 0 amide bonds. The third-order valence-corrected chi connectivity index (χ3v) is 4.90. The Hall–Kier alpha value is -0.910. The molecule has 3 rings (SSSR count). The van der Waals surface area contributed by atoms with E-state index in [1.165, 1.54) is 18.4 Å². The molecule has 0 radical (unpaired) electrons. The third kappa shape index (κ3) is 3.05. The van der Waals surface area contributed by atoms with Crippen LogP contribution in [0.3, 0.4) is 0 Å². The molecule has 1 aromatic heterocycles. The number of anilines is 1. The van der Waals surface area contributed by atoms with Crippen LogP contribution in [-0.2, 0) is 6.54 Å². The Morgan fingerprint density at radius 3 is 2.80 bits per heavy atom. The quantitative estimate of drug-likeness (QED) is 0.799. The summed E-state index contributed by atoms with van der Waals surface area (Å²) in [5.74, 6) is 0. The number of hydrogen-bond donors (Lipinski definition) is 1. The fraction of sp³-hybridized carbons (Fsp3) is 0.267. The number of nitrogens with zero attached hydrogens (tertiary/aromatic N) is 1. The molecular weight excluding hydrogens is 352 g/mol. The van der Waals surface area contributed by atoms with E-state index >= 15 is 0 Å². The van der Waals surface area contributed by atoms with Crippen molar-refractivity contribution >= 4 is 50.2 Å². The van der Waals surface area contributed by atoms with E-state index in [2.05, 4.69) is 43.7 Å². The Labute approximate surface area is 136 Å². The fourth-order valence-electron chi connectivity index (χ4n) is 2.33. The van der Waals surface area contributed by atoms with Gasteiger partial charge < -0.3 is 10.6 Å². The van der Waals surface area contributed by atoms with Gasteiger partial charge in [-0.2, -0.15) is 11.3 Å². The summed E-state index contributed by atoms with van der Waals surface area (Å²) < 4.78 is 1.06. The fourth-order valence-corrected chi connectivity index (χ4v) is 3.51. The molecule has 104 valence electrons. The second-order valence-corrected chi connectivity index (χ2v) is 7.15. The first-order valence-corrected chi connectivity index (χ1v) is 8.66. The Kier molecular flexibility index (Phi) is 4.10. The molecule has 2 N–H and O–H groups in total. The topological polar surface area (TPSA) is 29.3 Å². The van der Waals surface area contributed by atoms with Crippen LogP contribution in [0, 0.1) is 0 Å². The van der Waals surface area contributed by atoms with Gasteiger partial charge in [0.15, 0.2) is 0 Å². The maximum Gasteiger partial charge on any atom is 0.106 e. The van der Waals surface area contributed by atoms with Crippen molar-refractivity contribution in [2.45, 2.75) is 25.4 Å². The number of rotatable bonds is 5. The summed E-state index contributed by atoms with van der Waals surface area (Å²) in [5, 5.41) is 4.32. The van der Waals surface area contributed by atoms with Gasteiger partial charge in [-0.25, -0.2) is 0 Å². The second-order valence-electron chi connectivity index (χ2n) is 5.02. The van der Waals surface area contributed by atoms with E-state index in [-0.39, 0.29) is 0 Å². The Bertz CT molecular complexity index is 621. The predicted octanol–water partition coefficient (Wildman–Crippen LogP) is 4.31. The average molecular weight is 367 g/mol. The number of nitrogens with two attached hydrogens (primary N) is 1. The van der Waals surface area contributed by atoms with Gasteiger partial charge in [-0.05, 0) is 53.4 Å². The molecule has 0 spiro atoms. The largest absolute Gasteiger partial charge is 0.389 e. The number of thiophene rings is 1. The second kappa shape index (κ2) is 5.84. The van der Waals surface area contributed by atoms with Gasteiger partial charge in [0.05, 0.1) is 0 Å². The molecule has 0 saturated heterocycles. The average Bonchev–Trinajstić information content (AvgIpc) is 3.12. The van der Waals surface area contributed by atoms with E-state index in [4.69, 9.17) is 18.0 Å². The highest BCUT2D eigenvalue weighted by atomic mass is 79.9. The third-order valence-electron chi connectivity index (χ3n) is 3.46. The predicted molar refractivity (Wildman–Crippen MR) is 93.6 cm³/mol. The van der Waals surface area contributed by atoms with E-state index in [9.17, 15) is 0 Å². The minimum absolute atomic E-state index is 0.462.